The molecule has 8 heteroatoms. The molecule has 2 aromatic carbocycles. The molecule has 3 aromatic rings. The summed E-state index contributed by atoms with van der Waals surface area (Å²) >= 11 is 6.36. The summed E-state index contributed by atoms with van der Waals surface area (Å²) in [6.45, 7) is 2.72. The number of H-pyrrole nitrogens is 1. The van der Waals surface area contributed by atoms with E-state index in [-0.39, 0.29) is 35.3 Å². The minimum absolute atomic E-state index is 0.00715. The van der Waals surface area contributed by atoms with Crippen molar-refractivity contribution in [2.75, 3.05) is 20.3 Å². The lowest BCUT2D eigenvalue weighted by Gasteiger charge is -2.27. The van der Waals surface area contributed by atoms with E-state index in [2.05, 4.69) is 4.98 Å². The van der Waals surface area contributed by atoms with Crippen LogP contribution in [0.15, 0.2) is 48.2 Å². The number of likely N-dealkylation sites (tertiary alicyclic amines) is 1. The van der Waals surface area contributed by atoms with Crippen LogP contribution in [0, 0.1) is 6.92 Å². The second-order valence-electron chi connectivity index (χ2n) is 8.70. The molecule has 2 unspecified atom stereocenters. The number of hydrogen-bond acceptors (Lipinski definition) is 5. The van der Waals surface area contributed by atoms with Crippen LogP contribution in [0.3, 0.4) is 0 Å². The number of rotatable bonds is 5. The first-order chi connectivity index (χ1) is 16.4. The number of methoxy groups -OCH3 is 1. The number of nitrogens with one attached hydrogen (secondary N) is 1. The van der Waals surface area contributed by atoms with E-state index in [4.69, 9.17) is 21.1 Å². The number of fused-ring (bicyclic) bond motifs is 1. The molecule has 0 saturated carbocycles. The molecule has 0 aliphatic carbocycles. The van der Waals surface area contributed by atoms with E-state index < -0.39 is 17.7 Å². The number of aromatic nitrogens is 1. The van der Waals surface area contributed by atoms with E-state index in [9.17, 15) is 14.7 Å². The van der Waals surface area contributed by atoms with E-state index >= 15 is 0 Å². The smallest absolute Gasteiger partial charge is 0.295 e. The van der Waals surface area contributed by atoms with Crippen molar-refractivity contribution < 1.29 is 24.2 Å². The van der Waals surface area contributed by atoms with Crippen LogP contribution in [0.25, 0.3) is 16.7 Å². The summed E-state index contributed by atoms with van der Waals surface area (Å²) in [5.74, 6) is -1.48. The molecule has 5 rings (SSSR count). The molecule has 34 heavy (non-hydrogen) atoms. The first-order valence-corrected chi connectivity index (χ1v) is 11.6. The Kier molecular flexibility index (Phi) is 5.83. The van der Waals surface area contributed by atoms with E-state index in [0.29, 0.717) is 11.6 Å². The molecule has 176 valence electrons. The van der Waals surface area contributed by atoms with Gasteiger partial charge in [-0.15, -0.1) is 0 Å². The van der Waals surface area contributed by atoms with Gasteiger partial charge in [-0.2, -0.15) is 0 Å². The van der Waals surface area contributed by atoms with E-state index in [1.165, 1.54) is 12.0 Å². The van der Waals surface area contributed by atoms with Crippen LogP contribution in [0.2, 0.25) is 5.02 Å². The van der Waals surface area contributed by atoms with Gasteiger partial charge >= 0.3 is 0 Å². The highest BCUT2D eigenvalue weighted by Crippen LogP contribution is 2.44. The third kappa shape index (κ3) is 3.65. The summed E-state index contributed by atoms with van der Waals surface area (Å²) in [5, 5.41) is 12.7. The second-order valence-corrected chi connectivity index (χ2v) is 9.11. The molecule has 2 saturated heterocycles. The molecule has 7 nitrogen and oxygen atoms in total. The summed E-state index contributed by atoms with van der Waals surface area (Å²) in [6.07, 6.45) is 3.35. The van der Waals surface area contributed by atoms with Crippen molar-refractivity contribution in [1.82, 2.24) is 9.88 Å². The maximum Gasteiger partial charge on any atom is 0.295 e. The van der Waals surface area contributed by atoms with Crippen LogP contribution < -0.4 is 4.74 Å². The highest BCUT2D eigenvalue weighted by atomic mass is 35.5. The molecular formula is C26H25ClN2O5. The Morgan fingerprint density at radius 1 is 1.29 bits per heavy atom. The predicted molar refractivity (Wildman–Crippen MR) is 129 cm³/mol. The lowest BCUT2D eigenvalue weighted by Crippen LogP contribution is -2.36. The number of amides is 1. The number of Topliss-reactive ketones (excluding diaryl/α,β-unsaturated/α-hetero) is 1. The van der Waals surface area contributed by atoms with Crippen molar-refractivity contribution in [3.63, 3.8) is 0 Å². The number of ether oxygens (including phenoxy) is 2. The SMILES string of the molecule is COc1c(Cl)cc(C)cc1/C(O)=C1\C(=O)C(=O)N(CC2CCCO2)C1c1c[nH]c2ccccc12. The quantitative estimate of drug-likeness (QED) is 0.312. The van der Waals surface area contributed by atoms with Gasteiger partial charge < -0.3 is 24.5 Å². The second kappa shape index (κ2) is 8.81. The molecular weight excluding hydrogens is 456 g/mol. The summed E-state index contributed by atoms with van der Waals surface area (Å²) in [5.41, 5.74) is 2.66. The summed E-state index contributed by atoms with van der Waals surface area (Å²) in [4.78, 5) is 31.4. The van der Waals surface area contributed by atoms with Gasteiger partial charge in [0.1, 0.15) is 11.5 Å². The Hall–Kier alpha value is -3.29. The average Bonchev–Trinajstić information content (AvgIpc) is 3.54. The largest absolute Gasteiger partial charge is 0.507 e. The van der Waals surface area contributed by atoms with Gasteiger partial charge in [-0.05, 0) is 43.5 Å². The number of aliphatic hydroxyl groups is 1. The number of halogens is 1. The van der Waals surface area contributed by atoms with Crippen molar-refractivity contribution in [2.24, 2.45) is 0 Å². The van der Waals surface area contributed by atoms with Crippen LogP contribution in [0.5, 0.6) is 5.75 Å². The molecule has 2 aliphatic heterocycles. The number of aliphatic hydroxyl groups excluding tert-OH is 1. The maximum atomic E-state index is 13.4. The fourth-order valence-corrected chi connectivity index (χ4v) is 5.33. The highest BCUT2D eigenvalue weighted by molar-refractivity contribution is 6.47. The number of nitrogens with zero attached hydrogens (tertiary/aromatic N) is 1. The minimum atomic E-state index is -0.788. The van der Waals surface area contributed by atoms with Crippen LogP contribution >= 0.6 is 11.6 Å². The Morgan fingerprint density at radius 2 is 2.09 bits per heavy atom. The van der Waals surface area contributed by atoms with Crippen molar-refractivity contribution in [2.45, 2.75) is 31.9 Å². The molecule has 2 fully saturated rings. The predicted octanol–water partition coefficient (Wildman–Crippen LogP) is 4.74. The van der Waals surface area contributed by atoms with Gasteiger partial charge in [0.05, 0.1) is 35.4 Å². The Balaban J connectivity index is 1.73. The Labute approximate surface area is 201 Å². The average molecular weight is 481 g/mol. The van der Waals surface area contributed by atoms with Gasteiger partial charge in [0.15, 0.2) is 0 Å². The van der Waals surface area contributed by atoms with Gasteiger partial charge in [-0.25, -0.2) is 0 Å². The number of hydrogen-bond donors (Lipinski definition) is 2. The Morgan fingerprint density at radius 3 is 2.82 bits per heavy atom. The molecule has 1 aromatic heterocycles. The third-order valence-corrected chi connectivity index (χ3v) is 6.81. The molecule has 1 amide bonds. The number of para-hydroxylation sites is 1. The van der Waals surface area contributed by atoms with Gasteiger partial charge in [0, 0.05) is 35.8 Å². The maximum absolute atomic E-state index is 13.4. The standard InChI is InChI=1S/C26H25ClN2O5/c1-14-10-17(25(33-2)19(27)11-14)23(30)21-22(18-12-28-20-8-4-3-7-16(18)20)29(26(32)24(21)31)13-15-6-5-9-34-15/h3-4,7-8,10-12,15,22,28,30H,5-6,9,13H2,1-2H3/b23-21+. The lowest BCUT2D eigenvalue weighted by atomic mass is 9.94. The van der Waals surface area contributed by atoms with Gasteiger partial charge in [0.2, 0.25) is 0 Å². The van der Waals surface area contributed by atoms with Crippen LogP contribution in [0.4, 0.5) is 0 Å². The summed E-state index contributed by atoms with van der Waals surface area (Å²) in [6, 6.07) is 10.3. The van der Waals surface area contributed by atoms with Crippen LogP contribution in [-0.4, -0.2) is 53.0 Å². The zero-order valence-corrected chi connectivity index (χ0v) is 19.7. The zero-order chi connectivity index (χ0) is 24.0. The van der Waals surface area contributed by atoms with Gasteiger partial charge in [0.25, 0.3) is 11.7 Å². The lowest BCUT2D eigenvalue weighted by molar-refractivity contribution is -0.140. The monoisotopic (exact) mass is 480 g/mol. The van der Waals surface area contributed by atoms with E-state index in [1.807, 2.05) is 31.2 Å². The zero-order valence-electron chi connectivity index (χ0n) is 18.9. The fourth-order valence-electron chi connectivity index (χ4n) is 4.98. The van der Waals surface area contributed by atoms with Crippen molar-refractivity contribution in [3.05, 3.63) is 69.9 Å². The molecule has 3 heterocycles. The molecule has 2 aliphatic rings. The van der Waals surface area contributed by atoms with Gasteiger partial charge in [-0.1, -0.05) is 29.8 Å². The molecule has 2 atom stereocenters. The molecule has 0 bridgehead atoms. The summed E-state index contributed by atoms with van der Waals surface area (Å²) < 4.78 is 11.2. The number of aromatic amines is 1. The number of carbonyl (C=O) groups excluding carboxylic acids is 2. The first-order valence-electron chi connectivity index (χ1n) is 11.2. The van der Waals surface area contributed by atoms with E-state index in [0.717, 1.165) is 34.9 Å². The Bertz CT molecular complexity index is 1320. The normalized spacial score (nSPS) is 22.1. The fraction of sp³-hybridized carbons (Fsp3) is 0.308. The van der Waals surface area contributed by atoms with Crippen molar-refractivity contribution >= 4 is 40.0 Å². The topological polar surface area (TPSA) is 91.9 Å². The first kappa shape index (κ1) is 22.5. The molecule has 2 N–H and O–H groups in total. The van der Waals surface area contributed by atoms with Crippen LogP contribution in [-0.2, 0) is 14.3 Å². The third-order valence-electron chi connectivity index (χ3n) is 6.53. The molecule has 0 radical (unpaired) electrons. The number of ketones is 1. The number of carbonyl (C=O) groups is 2. The van der Waals surface area contributed by atoms with Crippen molar-refractivity contribution in [1.29, 1.82) is 0 Å². The van der Waals surface area contributed by atoms with Crippen molar-refractivity contribution in [3.8, 4) is 5.75 Å². The van der Waals surface area contributed by atoms with Crippen LogP contribution in [0.1, 0.15) is 35.6 Å². The summed E-state index contributed by atoms with van der Waals surface area (Å²) in [7, 11) is 1.44. The number of benzene rings is 2. The van der Waals surface area contributed by atoms with Gasteiger partial charge in [-0.3, -0.25) is 9.59 Å². The highest BCUT2D eigenvalue weighted by Gasteiger charge is 2.48. The minimum Gasteiger partial charge on any atom is -0.507 e. The number of aryl methyl sites for hydroxylation is 1. The van der Waals surface area contributed by atoms with E-state index in [1.54, 1.807) is 18.3 Å². The molecule has 0 spiro atoms.